The maximum atomic E-state index is 9.98. The van der Waals surface area contributed by atoms with Gasteiger partial charge in [-0.05, 0) is 48.2 Å². The van der Waals surface area contributed by atoms with Crippen molar-refractivity contribution in [2.75, 3.05) is 13.7 Å². The van der Waals surface area contributed by atoms with Crippen molar-refractivity contribution in [1.29, 1.82) is 0 Å². The molecule has 0 amide bonds. The van der Waals surface area contributed by atoms with Gasteiger partial charge in [-0.15, -0.1) is 0 Å². The third-order valence-corrected chi connectivity index (χ3v) is 4.72. The number of hydrogen-bond donors (Lipinski definition) is 5. The molecule has 2 unspecified atom stereocenters. The van der Waals surface area contributed by atoms with E-state index in [1.165, 1.54) is 6.07 Å². The van der Waals surface area contributed by atoms with E-state index in [4.69, 9.17) is 26.2 Å². The molecule has 8 heteroatoms. The highest BCUT2D eigenvalue weighted by Gasteiger charge is 2.31. The highest BCUT2D eigenvalue weighted by molar-refractivity contribution is 6.31. The SMILES string of the molecule is COc1ccc(Cc2cc(C)c(OC(O)[C@@H](O)[C@H](O)C(O)CO)cc2Cl)cc1. The molecule has 2 rings (SSSR count). The first kappa shape index (κ1) is 22.4. The van der Waals surface area contributed by atoms with Crippen molar-refractivity contribution in [3.63, 3.8) is 0 Å². The Kier molecular flexibility index (Phi) is 8.06. The summed E-state index contributed by atoms with van der Waals surface area (Å²) in [5, 5.41) is 48.1. The van der Waals surface area contributed by atoms with Crippen molar-refractivity contribution in [3.8, 4) is 11.5 Å². The van der Waals surface area contributed by atoms with Crippen LogP contribution in [0.4, 0.5) is 0 Å². The van der Waals surface area contributed by atoms with Crippen LogP contribution in [-0.2, 0) is 6.42 Å². The third-order valence-electron chi connectivity index (χ3n) is 4.37. The predicted molar refractivity (Wildman–Crippen MR) is 104 cm³/mol. The third kappa shape index (κ3) is 5.57. The fourth-order valence-corrected chi connectivity index (χ4v) is 2.87. The molecule has 0 fully saturated rings. The Bertz CT molecular complexity index is 766. The molecule has 2 aromatic carbocycles. The zero-order chi connectivity index (χ0) is 20.8. The van der Waals surface area contributed by atoms with Crippen LogP contribution in [0.2, 0.25) is 5.02 Å². The Balaban J connectivity index is 2.12. The number of hydrogen-bond acceptors (Lipinski definition) is 7. The Morgan fingerprint density at radius 1 is 1.00 bits per heavy atom. The molecule has 28 heavy (non-hydrogen) atoms. The minimum absolute atomic E-state index is 0.223. The van der Waals surface area contributed by atoms with E-state index in [-0.39, 0.29) is 5.75 Å². The lowest BCUT2D eigenvalue weighted by Gasteiger charge is -2.26. The standard InChI is InChI=1S/C20H25ClO7/c1-11-7-13(8-12-3-5-14(27-2)6-4-12)15(21)9-17(11)28-20(26)19(25)18(24)16(23)10-22/h3-7,9,16,18-20,22-26H,8,10H2,1-2H3/t16?,18-,19+,20?/m1/s1. The Morgan fingerprint density at radius 3 is 2.21 bits per heavy atom. The smallest absolute Gasteiger partial charge is 0.226 e. The van der Waals surface area contributed by atoms with E-state index in [0.29, 0.717) is 17.0 Å². The average molecular weight is 413 g/mol. The van der Waals surface area contributed by atoms with Gasteiger partial charge >= 0.3 is 0 Å². The molecule has 0 heterocycles. The summed E-state index contributed by atoms with van der Waals surface area (Å²) in [5.74, 6) is 0.983. The molecular weight excluding hydrogens is 388 g/mol. The van der Waals surface area contributed by atoms with Crippen molar-refractivity contribution >= 4 is 11.6 Å². The number of ether oxygens (including phenoxy) is 2. The Labute approximate surface area is 168 Å². The van der Waals surface area contributed by atoms with Crippen molar-refractivity contribution < 1.29 is 35.0 Å². The van der Waals surface area contributed by atoms with Crippen LogP contribution in [0.25, 0.3) is 0 Å². The first-order chi connectivity index (χ1) is 13.3. The molecular formula is C20H25ClO7. The fraction of sp³-hybridized carbons (Fsp3) is 0.400. The normalized spacial score (nSPS) is 15.6. The first-order valence-electron chi connectivity index (χ1n) is 8.68. The van der Waals surface area contributed by atoms with Crippen LogP contribution in [0.5, 0.6) is 11.5 Å². The molecule has 0 aromatic heterocycles. The largest absolute Gasteiger partial charge is 0.497 e. The lowest BCUT2D eigenvalue weighted by atomic mass is 10.0. The lowest BCUT2D eigenvalue weighted by Crippen LogP contribution is -2.47. The summed E-state index contributed by atoms with van der Waals surface area (Å²) in [6.45, 7) is 0.983. The van der Waals surface area contributed by atoms with Gasteiger partial charge in [0.15, 0.2) is 0 Å². The fourth-order valence-electron chi connectivity index (χ4n) is 2.65. The summed E-state index contributed by atoms with van der Waals surface area (Å²) in [6.07, 6.45) is -6.44. The van der Waals surface area contributed by atoms with Crippen LogP contribution >= 0.6 is 11.6 Å². The van der Waals surface area contributed by atoms with Gasteiger partial charge in [-0.3, -0.25) is 0 Å². The van der Waals surface area contributed by atoms with Crippen molar-refractivity contribution in [2.45, 2.75) is 37.9 Å². The average Bonchev–Trinajstić information content (AvgIpc) is 2.70. The van der Waals surface area contributed by atoms with Gasteiger partial charge in [0.25, 0.3) is 0 Å². The minimum Gasteiger partial charge on any atom is -0.497 e. The van der Waals surface area contributed by atoms with E-state index in [2.05, 4.69) is 0 Å². The summed E-state index contributed by atoms with van der Waals surface area (Å²) in [5.41, 5.74) is 2.55. The van der Waals surface area contributed by atoms with Crippen LogP contribution in [0, 0.1) is 6.92 Å². The molecule has 0 saturated carbocycles. The topological polar surface area (TPSA) is 120 Å². The van der Waals surface area contributed by atoms with E-state index >= 15 is 0 Å². The zero-order valence-electron chi connectivity index (χ0n) is 15.6. The predicted octanol–water partition coefficient (Wildman–Crippen LogP) is 1.02. The minimum atomic E-state index is -1.82. The van der Waals surface area contributed by atoms with E-state index in [9.17, 15) is 20.4 Å². The number of rotatable bonds is 9. The molecule has 154 valence electrons. The molecule has 5 N–H and O–H groups in total. The quantitative estimate of drug-likeness (QED) is 0.390. The molecule has 0 aliphatic carbocycles. The van der Waals surface area contributed by atoms with Crippen LogP contribution in [-0.4, -0.2) is 63.9 Å². The maximum absolute atomic E-state index is 9.98. The number of aliphatic hydroxyl groups excluding tert-OH is 5. The molecule has 0 radical (unpaired) electrons. The number of methoxy groups -OCH3 is 1. The summed E-state index contributed by atoms with van der Waals surface area (Å²) in [6, 6.07) is 10.9. The number of aryl methyl sites for hydroxylation is 1. The molecule has 7 nitrogen and oxygen atoms in total. The van der Waals surface area contributed by atoms with Crippen molar-refractivity contribution in [2.24, 2.45) is 0 Å². The van der Waals surface area contributed by atoms with E-state index in [1.54, 1.807) is 20.1 Å². The van der Waals surface area contributed by atoms with Gasteiger partial charge in [0.1, 0.15) is 29.8 Å². The molecule has 0 saturated heterocycles. The molecule has 2 aromatic rings. The summed E-state index contributed by atoms with van der Waals surface area (Å²) in [7, 11) is 1.60. The van der Waals surface area contributed by atoms with E-state index < -0.39 is 31.2 Å². The van der Waals surface area contributed by atoms with E-state index in [1.807, 2.05) is 24.3 Å². The van der Waals surface area contributed by atoms with Gasteiger partial charge in [0.05, 0.1) is 13.7 Å². The highest BCUT2D eigenvalue weighted by atomic mass is 35.5. The monoisotopic (exact) mass is 412 g/mol. The summed E-state index contributed by atoms with van der Waals surface area (Å²) in [4.78, 5) is 0. The second kappa shape index (κ2) is 10.1. The second-order valence-corrected chi connectivity index (χ2v) is 6.88. The van der Waals surface area contributed by atoms with Gasteiger partial charge in [-0.1, -0.05) is 29.8 Å². The Hall–Kier alpha value is -1.87. The van der Waals surface area contributed by atoms with Crippen LogP contribution in [0.15, 0.2) is 36.4 Å². The maximum Gasteiger partial charge on any atom is 0.226 e. The molecule has 0 spiro atoms. The molecule has 4 atom stereocenters. The summed E-state index contributed by atoms with van der Waals surface area (Å²) < 4.78 is 10.4. The van der Waals surface area contributed by atoms with Crippen molar-refractivity contribution in [1.82, 2.24) is 0 Å². The number of benzene rings is 2. The van der Waals surface area contributed by atoms with Crippen molar-refractivity contribution in [3.05, 3.63) is 58.1 Å². The van der Waals surface area contributed by atoms with Gasteiger partial charge in [-0.2, -0.15) is 0 Å². The lowest BCUT2D eigenvalue weighted by molar-refractivity contribution is -0.169. The van der Waals surface area contributed by atoms with E-state index in [0.717, 1.165) is 16.9 Å². The summed E-state index contributed by atoms with van der Waals surface area (Å²) >= 11 is 6.34. The number of aliphatic hydroxyl groups is 5. The Morgan fingerprint density at radius 2 is 1.64 bits per heavy atom. The second-order valence-electron chi connectivity index (χ2n) is 6.47. The van der Waals surface area contributed by atoms with Crippen LogP contribution < -0.4 is 9.47 Å². The zero-order valence-corrected chi connectivity index (χ0v) is 16.4. The van der Waals surface area contributed by atoms with Crippen LogP contribution in [0.3, 0.4) is 0 Å². The number of halogens is 1. The first-order valence-corrected chi connectivity index (χ1v) is 9.06. The van der Waals surface area contributed by atoms with Gasteiger partial charge < -0.3 is 35.0 Å². The van der Waals surface area contributed by atoms with Crippen LogP contribution in [0.1, 0.15) is 16.7 Å². The van der Waals surface area contributed by atoms with Gasteiger partial charge in [0.2, 0.25) is 6.29 Å². The van der Waals surface area contributed by atoms with Gasteiger partial charge in [0, 0.05) is 5.02 Å². The molecule has 0 aliphatic heterocycles. The highest BCUT2D eigenvalue weighted by Crippen LogP contribution is 2.30. The van der Waals surface area contributed by atoms with Gasteiger partial charge in [-0.25, -0.2) is 0 Å². The molecule has 0 bridgehead atoms. The molecule has 0 aliphatic rings.